The molecule has 1 aliphatic rings. The molecule has 2 rings (SSSR count). The first-order valence-corrected chi connectivity index (χ1v) is 5.89. The molecule has 1 aliphatic carbocycles. The summed E-state index contributed by atoms with van der Waals surface area (Å²) >= 11 is 0. The number of nitrogens with one attached hydrogen (secondary N) is 1. The van der Waals surface area contributed by atoms with Crippen molar-refractivity contribution in [3.8, 4) is 6.07 Å². The summed E-state index contributed by atoms with van der Waals surface area (Å²) < 4.78 is 1.56. The second-order valence-corrected chi connectivity index (χ2v) is 4.42. The van der Waals surface area contributed by atoms with Crippen LogP contribution in [0.4, 0.5) is 0 Å². The minimum Gasteiger partial charge on any atom is -0.335 e. The first-order chi connectivity index (χ1) is 8.15. The van der Waals surface area contributed by atoms with Crippen molar-refractivity contribution in [2.45, 2.75) is 32.2 Å². The van der Waals surface area contributed by atoms with Gasteiger partial charge in [0.05, 0.1) is 11.8 Å². The molecule has 1 fully saturated rings. The molecule has 1 atom stereocenters. The van der Waals surface area contributed by atoms with Crippen molar-refractivity contribution in [1.82, 2.24) is 15.1 Å². The summed E-state index contributed by atoms with van der Waals surface area (Å²) in [4.78, 5) is 12.0. The second-order valence-electron chi connectivity index (χ2n) is 4.42. The number of nitrogens with zero attached hydrogens (tertiary/aromatic N) is 3. The molecule has 0 aliphatic heterocycles. The van der Waals surface area contributed by atoms with Crippen LogP contribution in [0.3, 0.4) is 0 Å². The highest BCUT2D eigenvalue weighted by Crippen LogP contribution is 2.32. The number of aryl methyl sites for hydroxylation is 2. The van der Waals surface area contributed by atoms with Crippen LogP contribution in [0.15, 0.2) is 6.07 Å². The monoisotopic (exact) mass is 232 g/mol. The number of hydrogen-bond donors (Lipinski definition) is 1. The van der Waals surface area contributed by atoms with E-state index >= 15 is 0 Å². The number of aromatic nitrogens is 2. The predicted molar refractivity (Wildman–Crippen MR) is 62.2 cm³/mol. The van der Waals surface area contributed by atoms with Crippen LogP contribution in [0.1, 0.15) is 35.9 Å². The molecule has 5 nitrogen and oxygen atoms in total. The normalized spacial score (nSPS) is 16.3. The molecule has 1 aromatic heterocycles. The Morgan fingerprint density at radius 1 is 1.76 bits per heavy atom. The highest BCUT2D eigenvalue weighted by molar-refractivity contribution is 5.93. The van der Waals surface area contributed by atoms with E-state index in [0.717, 1.165) is 25.0 Å². The van der Waals surface area contributed by atoms with Crippen LogP contribution in [0, 0.1) is 17.2 Å². The Balaban J connectivity index is 2.08. The maximum atomic E-state index is 12.0. The lowest BCUT2D eigenvalue weighted by Gasteiger charge is -2.09. The summed E-state index contributed by atoms with van der Waals surface area (Å²) in [6.45, 7) is 1.99. The zero-order valence-corrected chi connectivity index (χ0v) is 10.1. The lowest BCUT2D eigenvalue weighted by Crippen LogP contribution is -2.36. The molecule has 1 amide bonds. The van der Waals surface area contributed by atoms with Crippen molar-refractivity contribution in [3.05, 3.63) is 17.5 Å². The molecule has 1 saturated carbocycles. The quantitative estimate of drug-likeness (QED) is 0.842. The van der Waals surface area contributed by atoms with Gasteiger partial charge in [0.25, 0.3) is 5.91 Å². The van der Waals surface area contributed by atoms with Crippen LogP contribution in [0.25, 0.3) is 0 Å². The number of rotatable bonds is 4. The lowest BCUT2D eigenvalue weighted by atomic mass is 10.2. The van der Waals surface area contributed by atoms with Crippen LogP contribution in [0.2, 0.25) is 0 Å². The third kappa shape index (κ3) is 2.47. The van der Waals surface area contributed by atoms with Crippen molar-refractivity contribution in [1.29, 1.82) is 5.26 Å². The van der Waals surface area contributed by atoms with Gasteiger partial charge >= 0.3 is 0 Å². The van der Waals surface area contributed by atoms with Gasteiger partial charge < -0.3 is 5.32 Å². The molecule has 0 bridgehead atoms. The fourth-order valence-corrected chi connectivity index (χ4v) is 1.81. The summed E-state index contributed by atoms with van der Waals surface area (Å²) in [6.07, 6.45) is 2.86. The van der Waals surface area contributed by atoms with E-state index in [9.17, 15) is 4.79 Å². The van der Waals surface area contributed by atoms with Crippen LogP contribution in [-0.2, 0) is 13.5 Å². The Morgan fingerprint density at radius 2 is 2.47 bits per heavy atom. The average molecular weight is 232 g/mol. The van der Waals surface area contributed by atoms with E-state index in [-0.39, 0.29) is 11.9 Å². The van der Waals surface area contributed by atoms with Gasteiger partial charge in [0.2, 0.25) is 0 Å². The van der Waals surface area contributed by atoms with Gasteiger partial charge in [-0.15, -0.1) is 0 Å². The molecule has 5 heteroatoms. The summed E-state index contributed by atoms with van der Waals surface area (Å²) in [6, 6.07) is 3.56. The van der Waals surface area contributed by atoms with E-state index in [1.165, 1.54) is 0 Å². The summed E-state index contributed by atoms with van der Waals surface area (Å²) in [5.41, 5.74) is 1.40. The largest absolute Gasteiger partial charge is 0.335 e. The van der Waals surface area contributed by atoms with Crippen LogP contribution < -0.4 is 5.32 Å². The zero-order valence-electron chi connectivity index (χ0n) is 10.1. The van der Waals surface area contributed by atoms with Gasteiger partial charge in [-0.05, 0) is 31.2 Å². The maximum Gasteiger partial charge on any atom is 0.270 e. The number of amides is 1. The molecule has 1 heterocycles. The molecular formula is C12H16N4O. The highest BCUT2D eigenvalue weighted by atomic mass is 16.2. The van der Waals surface area contributed by atoms with Crippen molar-refractivity contribution in [2.75, 3.05) is 0 Å². The molecule has 17 heavy (non-hydrogen) atoms. The van der Waals surface area contributed by atoms with Gasteiger partial charge in [-0.25, -0.2) is 0 Å². The van der Waals surface area contributed by atoms with E-state index in [1.54, 1.807) is 17.8 Å². The Hall–Kier alpha value is -1.83. The Labute approximate surface area is 100 Å². The first kappa shape index (κ1) is 11.6. The summed E-state index contributed by atoms with van der Waals surface area (Å²) in [5.74, 6) is 0.126. The standard InChI is InChI=1S/C12H16N4O/c1-3-9-6-11(16(2)15-9)12(17)14-10(7-13)8-4-5-8/h6,8,10H,3-5H2,1-2H3,(H,14,17). The first-order valence-electron chi connectivity index (χ1n) is 5.89. The van der Waals surface area contributed by atoms with E-state index in [1.807, 2.05) is 6.92 Å². The molecule has 0 aromatic carbocycles. The molecule has 0 saturated heterocycles. The number of carbonyl (C=O) groups excluding carboxylic acids is 1. The van der Waals surface area contributed by atoms with Gasteiger partial charge in [-0.2, -0.15) is 10.4 Å². The van der Waals surface area contributed by atoms with Crippen molar-refractivity contribution < 1.29 is 4.79 Å². The molecule has 0 spiro atoms. The van der Waals surface area contributed by atoms with E-state index < -0.39 is 0 Å². The SMILES string of the molecule is CCc1cc(C(=O)NC(C#N)C2CC2)n(C)n1. The van der Waals surface area contributed by atoms with E-state index in [0.29, 0.717) is 11.6 Å². The predicted octanol–water partition coefficient (Wildman–Crippen LogP) is 1.01. The Kier molecular flexibility index (Phi) is 3.14. The molecule has 90 valence electrons. The third-order valence-electron chi connectivity index (χ3n) is 3.04. The summed E-state index contributed by atoms with van der Waals surface area (Å²) in [7, 11) is 1.74. The topological polar surface area (TPSA) is 70.7 Å². The molecule has 1 aromatic rings. The van der Waals surface area contributed by atoms with Gasteiger partial charge in [-0.3, -0.25) is 9.48 Å². The summed E-state index contributed by atoms with van der Waals surface area (Å²) in [5, 5.41) is 15.9. The van der Waals surface area contributed by atoms with Gasteiger partial charge in [-0.1, -0.05) is 6.92 Å². The van der Waals surface area contributed by atoms with Gasteiger partial charge in [0, 0.05) is 7.05 Å². The fraction of sp³-hybridized carbons (Fsp3) is 0.583. The zero-order chi connectivity index (χ0) is 12.4. The van der Waals surface area contributed by atoms with Crippen molar-refractivity contribution in [3.63, 3.8) is 0 Å². The molecule has 1 N–H and O–H groups in total. The Morgan fingerprint density at radius 3 is 2.94 bits per heavy atom. The van der Waals surface area contributed by atoms with Gasteiger partial charge in [0.1, 0.15) is 11.7 Å². The Bertz CT molecular complexity index is 467. The molecule has 0 radical (unpaired) electrons. The van der Waals surface area contributed by atoms with E-state index in [2.05, 4.69) is 16.5 Å². The fourth-order valence-electron chi connectivity index (χ4n) is 1.81. The number of hydrogen-bond acceptors (Lipinski definition) is 3. The third-order valence-corrected chi connectivity index (χ3v) is 3.04. The van der Waals surface area contributed by atoms with E-state index in [4.69, 9.17) is 5.26 Å². The second kappa shape index (κ2) is 4.58. The smallest absolute Gasteiger partial charge is 0.270 e. The number of nitriles is 1. The molecular weight excluding hydrogens is 216 g/mol. The van der Waals surface area contributed by atoms with Gasteiger partial charge in [0.15, 0.2) is 0 Å². The van der Waals surface area contributed by atoms with Crippen LogP contribution >= 0.6 is 0 Å². The lowest BCUT2D eigenvalue weighted by molar-refractivity contribution is 0.0932. The highest BCUT2D eigenvalue weighted by Gasteiger charge is 2.32. The molecule has 1 unspecified atom stereocenters. The average Bonchev–Trinajstić information content (AvgIpc) is 3.09. The number of carbonyl (C=O) groups is 1. The van der Waals surface area contributed by atoms with Crippen molar-refractivity contribution in [2.24, 2.45) is 13.0 Å². The minimum absolute atomic E-state index is 0.210. The van der Waals surface area contributed by atoms with Crippen LogP contribution in [-0.4, -0.2) is 21.7 Å². The van der Waals surface area contributed by atoms with Crippen LogP contribution in [0.5, 0.6) is 0 Å². The maximum absolute atomic E-state index is 12.0. The minimum atomic E-state index is -0.359. The van der Waals surface area contributed by atoms with Crippen molar-refractivity contribution >= 4 is 5.91 Å².